The van der Waals surface area contributed by atoms with Crippen molar-refractivity contribution in [1.82, 2.24) is 0 Å². The quantitative estimate of drug-likeness (QED) is 0.414. The summed E-state index contributed by atoms with van der Waals surface area (Å²) in [6, 6.07) is 8.05. The summed E-state index contributed by atoms with van der Waals surface area (Å²) in [7, 11) is 0. The SMILES string of the molecule is CCC(C)(C)C(=O)OCCOC(=O)/C=C/c1ccc(C(C)(C)C)cc1. The Bertz CT molecular complexity index is 604. The molecule has 0 saturated carbocycles. The normalized spacial score (nSPS) is 12.2. The van der Waals surface area contributed by atoms with Gasteiger partial charge in [0.25, 0.3) is 0 Å². The molecule has 0 N–H and O–H groups in total. The Morgan fingerprint density at radius 2 is 1.52 bits per heavy atom. The van der Waals surface area contributed by atoms with E-state index in [1.54, 1.807) is 6.08 Å². The van der Waals surface area contributed by atoms with Gasteiger partial charge in [-0.1, -0.05) is 52.0 Å². The van der Waals surface area contributed by atoms with Crippen LogP contribution in [0.15, 0.2) is 30.3 Å². The minimum Gasteiger partial charge on any atom is -0.462 e. The predicted molar refractivity (Wildman–Crippen MR) is 100 cm³/mol. The molecular formula is C21H30O4. The van der Waals surface area contributed by atoms with Crippen molar-refractivity contribution in [2.45, 2.75) is 53.4 Å². The van der Waals surface area contributed by atoms with E-state index in [2.05, 4.69) is 32.9 Å². The van der Waals surface area contributed by atoms with E-state index >= 15 is 0 Å². The van der Waals surface area contributed by atoms with E-state index in [4.69, 9.17) is 9.47 Å². The maximum absolute atomic E-state index is 11.8. The molecule has 0 aliphatic rings. The topological polar surface area (TPSA) is 52.6 Å². The first-order chi connectivity index (χ1) is 11.6. The molecule has 0 radical (unpaired) electrons. The Kier molecular flexibility index (Phi) is 7.40. The molecule has 0 atom stereocenters. The minimum absolute atomic E-state index is 0.0532. The van der Waals surface area contributed by atoms with E-state index in [1.807, 2.05) is 32.9 Å². The number of carbonyl (C=O) groups excluding carboxylic acids is 2. The zero-order valence-electron chi connectivity index (χ0n) is 16.2. The van der Waals surface area contributed by atoms with Gasteiger partial charge in [0.2, 0.25) is 0 Å². The van der Waals surface area contributed by atoms with Crippen molar-refractivity contribution in [2.75, 3.05) is 13.2 Å². The molecule has 0 aromatic heterocycles. The van der Waals surface area contributed by atoms with Gasteiger partial charge in [-0.15, -0.1) is 0 Å². The molecule has 0 heterocycles. The van der Waals surface area contributed by atoms with E-state index in [-0.39, 0.29) is 24.6 Å². The summed E-state index contributed by atoms with van der Waals surface area (Å²) in [6.45, 7) is 12.2. The van der Waals surface area contributed by atoms with E-state index in [0.29, 0.717) is 6.42 Å². The smallest absolute Gasteiger partial charge is 0.330 e. The van der Waals surface area contributed by atoms with Crippen molar-refractivity contribution >= 4 is 18.0 Å². The molecule has 1 aromatic rings. The van der Waals surface area contributed by atoms with E-state index in [1.165, 1.54) is 11.6 Å². The van der Waals surface area contributed by atoms with E-state index < -0.39 is 11.4 Å². The summed E-state index contributed by atoms with van der Waals surface area (Å²) >= 11 is 0. The molecule has 0 unspecified atom stereocenters. The van der Waals surface area contributed by atoms with Crippen LogP contribution in [0.1, 0.15) is 59.1 Å². The second-order valence-corrected chi connectivity index (χ2v) is 7.75. The van der Waals surface area contributed by atoms with Crippen molar-refractivity contribution in [3.05, 3.63) is 41.5 Å². The average Bonchev–Trinajstić information content (AvgIpc) is 2.56. The zero-order chi connectivity index (χ0) is 19.1. The van der Waals surface area contributed by atoms with Gasteiger partial charge in [-0.05, 0) is 42.9 Å². The molecule has 4 heteroatoms. The highest BCUT2D eigenvalue weighted by Gasteiger charge is 2.26. The summed E-state index contributed by atoms with van der Waals surface area (Å²) in [5.74, 6) is -0.730. The predicted octanol–water partition coefficient (Wildman–Crippen LogP) is 4.52. The Labute approximate surface area is 151 Å². The monoisotopic (exact) mass is 346 g/mol. The van der Waals surface area contributed by atoms with Crippen molar-refractivity contribution < 1.29 is 19.1 Å². The van der Waals surface area contributed by atoms with Crippen molar-refractivity contribution in [3.8, 4) is 0 Å². The highest BCUT2D eigenvalue weighted by Crippen LogP contribution is 2.22. The molecule has 25 heavy (non-hydrogen) atoms. The highest BCUT2D eigenvalue weighted by atomic mass is 16.6. The third-order valence-corrected chi connectivity index (χ3v) is 4.19. The molecule has 0 spiro atoms. The molecule has 1 aromatic carbocycles. The van der Waals surface area contributed by atoms with Crippen LogP contribution in [0.5, 0.6) is 0 Å². The molecule has 138 valence electrons. The lowest BCUT2D eigenvalue weighted by Crippen LogP contribution is -2.27. The number of hydrogen-bond acceptors (Lipinski definition) is 4. The summed E-state index contributed by atoms with van der Waals surface area (Å²) < 4.78 is 10.2. The van der Waals surface area contributed by atoms with Crippen LogP contribution in [0.3, 0.4) is 0 Å². The van der Waals surface area contributed by atoms with Crippen LogP contribution in [0, 0.1) is 5.41 Å². The second kappa shape index (κ2) is 8.84. The molecule has 0 bridgehead atoms. The van der Waals surface area contributed by atoms with Crippen LogP contribution < -0.4 is 0 Å². The Balaban J connectivity index is 2.39. The summed E-state index contributed by atoms with van der Waals surface area (Å²) in [6.07, 6.45) is 3.78. The lowest BCUT2D eigenvalue weighted by molar-refractivity contribution is -0.157. The lowest BCUT2D eigenvalue weighted by Gasteiger charge is -2.20. The molecule has 0 aliphatic heterocycles. The van der Waals surface area contributed by atoms with Crippen LogP contribution >= 0.6 is 0 Å². The lowest BCUT2D eigenvalue weighted by atomic mass is 9.87. The summed E-state index contributed by atoms with van der Waals surface area (Å²) in [5.41, 5.74) is 1.76. The molecular weight excluding hydrogens is 316 g/mol. The third-order valence-electron chi connectivity index (χ3n) is 4.19. The number of benzene rings is 1. The molecule has 1 rings (SSSR count). The maximum Gasteiger partial charge on any atom is 0.330 e. The number of hydrogen-bond donors (Lipinski definition) is 0. The zero-order valence-corrected chi connectivity index (χ0v) is 16.2. The fraction of sp³-hybridized carbons (Fsp3) is 0.524. The van der Waals surface area contributed by atoms with Gasteiger partial charge in [-0.25, -0.2) is 4.79 Å². The van der Waals surface area contributed by atoms with Gasteiger partial charge in [-0.3, -0.25) is 4.79 Å². The number of esters is 2. The van der Waals surface area contributed by atoms with Crippen molar-refractivity contribution in [3.63, 3.8) is 0 Å². The molecule has 0 fully saturated rings. The molecule has 0 aliphatic carbocycles. The van der Waals surface area contributed by atoms with E-state index in [0.717, 1.165) is 5.56 Å². The minimum atomic E-state index is -0.511. The highest BCUT2D eigenvalue weighted by molar-refractivity contribution is 5.87. The Hall–Kier alpha value is -2.10. The van der Waals surface area contributed by atoms with Gasteiger partial charge >= 0.3 is 11.9 Å². The number of ether oxygens (including phenoxy) is 2. The first kappa shape index (κ1) is 20.9. The third kappa shape index (κ3) is 7.12. The maximum atomic E-state index is 11.8. The molecule has 0 saturated heterocycles. The van der Waals surface area contributed by atoms with Crippen molar-refractivity contribution in [2.24, 2.45) is 5.41 Å². The largest absolute Gasteiger partial charge is 0.462 e. The van der Waals surface area contributed by atoms with Gasteiger partial charge in [0.1, 0.15) is 13.2 Å². The Morgan fingerprint density at radius 3 is 2.04 bits per heavy atom. The first-order valence-corrected chi connectivity index (χ1v) is 8.69. The van der Waals surface area contributed by atoms with Crippen LogP contribution in [-0.4, -0.2) is 25.2 Å². The Morgan fingerprint density at radius 1 is 0.960 bits per heavy atom. The van der Waals surface area contributed by atoms with Crippen LogP contribution in [0.25, 0.3) is 6.08 Å². The van der Waals surface area contributed by atoms with Crippen LogP contribution in [0.2, 0.25) is 0 Å². The summed E-state index contributed by atoms with van der Waals surface area (Å²) in [4.78, 5) is 23.5. The molecule has 0 amide bonds. The van der Waals surface area contributed by atoms with Crippen LogP contribution in [0.4, 0.5) is 0 Å². The van der Waals surface area contributed by atoms with Gasteiger partial charge in [0.15, 0.2) is 0 Å². The standard InChI is InChI=1S/C21H30O4/c1-7-21(5,6)19(23)25-15-14-24-18(22)13-10-16-8-11-17(12-9-16)20(2,3)4/h8-13H,7,14-15H2,1-6H3/b13-10+. The summed E-state index contributed by atoms with van der Waals surface area (Å²) in [5, 5.41) is 0. The second-order valence-electron chi connectivity index (χ2n) is 7.75. The first-order valence-electron chi connectivity index (χ1n) is 8.69. The number of rotatable bonds is 7. The van der Waals surface area contributed by atoms with Crippen molar-refractivity contribution in [1.29, 1.82) is 0 Å². The average molecular weight is 346 g/mol. The van der Waals surface area contributed by atoms with Gasteiger partial charge < -0.3 is 9.47 Å². The number of carbonyl (C=O) groups is 2. The van der Waals surface area contributed by atoms with Gasteiger partial charge in [0, 0.05) is 6.08 Å². The van der Waals surface area contributed by atoms with Gasteiger partial charge in [0.05, 0.1) is 5.41 Å². The van der Waals surface area contributed by atoms with Gasteiger partial charge in [-0.2, -0.15) is 0 Å². The van der Waals surface area contributed by atoms with Crippen LogP contribution in [-0.2, 0) is 24.5 Å². The fourth-order valence-electron chi connectivity index (χ4n) is 1.92. The fourth-order valence-corrected chi connectivity index (χ4v) is 1.92. The van der Waals surface area contributed by atoms with E-state index in [9.17, 15) is 9.59 Å². The molecule has 4 nitrogen and oxygen atoms in total.